The minimum Gasteiger partial charge on any atom is -0.283 e. The first-order valence-electron chi connectivity index (χ1n) is 10.5. The lowest BCUT2D eigenvalue weighted by atomic mass is 10.3. The molecule has 2 nitrogen and oxygen atoms in total. The summed E-state index contributed by atoms with van der Waals surface area (Å²) in [6.45, 7) is 2.33. The predicted octanol–water partition coefficient (Wildman–Crippen LogP) is 8.00. The van der Waals surface area contributed by atoms with Crippen LogP contribution in [0.5, 0.6) is 0 Å². The van der Waals surface area contributed by atoms with Crippen molar-refractivity contribution in [3.05, 3.63) is 103 Å². The fraction of sp³-hybridized carbons (Fsp3) is 0.0741. The quantitative estimate of drug-likeness (QED) is 0.272. The minimum absolute atomic E-state index is 1.06. The van der Waals surface area contributed by atoms with Crippen molar-refractivity contribution in [2.24, 2.45) is 0 Å². The molecule has 31 heavy (non-hydrogen) atoms. The van der Waals surface area contributed by atoms with Crippen LogP contribution in [0, 0.1) is 0 Å². The first kappa shape index (κ1) is 18.7. The van der Waals surface area contributed by atoms with Crippen molar-refractivity contribution in [2.45, 2.75) is 21.6 Å². The van der Waals surface area contributed by atoms with Crippen molar-refractivity contribution in [1.82, 2.24) is 9.38 Å². The highest BCUT2D eigenvalue weighted by molar-refractivity contribution is 8.33. The molecule has 0 spiro atoms. The van der Waals surface area contributed by atoms with E-state index in [1.54, 1.807) is 11.3 Å². The molecule has 0 amide bonds. The Hall–Kier alpha value is -3.08. The first-order valence-corrected chi connectivity index (χ1v) is 13.1. The Morgan fingerprint density at radius 2 is 1.35 bits per heavy atom. The van der Waals surface area contributed by atoms with Gasteiger partial charge in [-0.2, -0.15) is 10.0 Å². The summed E-state index contributed by atoms with van der Waals surface area (Å²) < 4.78 is 3.61. The maximum absolute atomic E-state index is 4.87. The Labute approximate surface area is 187 Å². The highest BCUT2D eigenvalue weighted by atomic mass is 32.3. The Kier molecular flexibility index (Phi) is 4.37. The van der Waals surface area contributed by atoms with E-state index in [2.05, 4.69) is 114 Å². The van der Waals surface area contributed by atoms with Crippen LogP contribution in [-0.4, -0.2) is 15.1 Å². The van der Waals surface area contributed by atoms with Gasteiger partial charge in [-0.1, -0.05) is 66.8 Å². The molecule has 0 bridgehead atoms. The number of thiazole rings is 1. The Balaban J connectivity index is 1.69. The third kappa shape index (κ3) is 2.75. The summed E-state index contributed by atoms with van der Waals surface area (Å²) in [4.78, 5) is 10.1. The number of fused-ring (bicyclic) bond motifs is 5. The molecule has 0 fully saturated rings. The van der Waals surface area contributed by atoms with Crippen LogP contribution in [0.3, 0.4) is 0 Å². The highest BCUT2D eigenvalue weighted by Crippen LogP contribution is 2.68. The summed E-state index contributed by atoms with van der Waals surface area (Å²) in [5, 5.41) is 0. The lowest BCUT2D eigenvalue weighted by Gasteiger charge is -2.40. The standard InChI is InChI=1S/C27H22N2S2/c1-2-31(20-11-5-3-6-12-20,21-13-7-4-8-14-21)22-17-18-26-25(19-22)29-24-16-10-9-15-23(24)28-27(29)30-26/h3-19H,2H2,1H3. The second-order valence-corrected chi connectivity index (χ2v) is 12.1. The third-order valence-corrected chi connectivity index (χ3v) is 11.1. The number of hydrogen-bond acceptors (Lipinski definition) is 2. The van der Waals surface area contributed by atoms with Gasteiger partial charge in [0, 0.05) is 4.90 Å². The lowest BCUT2D eigenvalue weighted by molar-refractivity contribution is 1.25. The number of imidazole rings is 1. The van der Waals surface area contributed by atoms with Gasteiger partial charge < -0.3 is 0 Å². The molecule has 6 aromatic rings. The molecule has 6 rings (SSSR count). The summed E-state index contributed by atoms with van der Waals surface area (Å²) in [6.07, 6.45) is 0. The molecule has 0 aliphatic carbocycles. The molecule has 2 heterocycles. The van der Waals surface area contributed by atoms with Gasteiger partial charge in [0.15, 0.2) is 4.96 Å². The maximum Gasteiger partial charge on any atom is 0.195 e. The molecular formula is C27H22N2S2. The largest absolute Gasteiger partial charge is 0.283 e. The molecule has 0 unspecified atom stereocenters. The van der Waals surface area contributed by atoms with Crippen LogP contribution in [0.4, 0.5) is 0 Å². The molecule has 0 N–H and O–H groups in total. The van der Waals surface area contributed by atoms with Gasteiger partial charge in [0.2, 0.25) is 0 Å². The summed E-state index contributed by atoms with van der Waals surface area (Å²) in [5.41, 5.74) is 3.49. The zero-order valence-electron chi connectivity index (χ0n) is 17.2. The first-order chi connectivity index (χ1) is 15.3. The highest BCUT2D eigenvalue weighted by Gasteiger charge is 2.29. The molecule has 0 saturated carbocycles. The molecule has 0 radical (unpaired) electrons. The summed E-state index contributed by atoms with van der Waals surface area (Å²) in [5.74, 6) is 1.06. The van der Waals surface area contributed by atoms with E-state index in [0.717, 1.165) is 16.2 Å². The number of benzene rings is 4. The van der Waals surface area contributed by atoms with Crippen molar-refractivity contribution >= 4 is 47.6 Å². The van der Waals surface area contributed by atoms with E-state index in [4.69, 9.17) is 4.98 Å². The Bertz CT molecular complexity index is 1480. The second kappa shape index (κ2) is 7.26. The van der Waals surface area contributed by atoms with E-state index >= 15 is 0 Å². The van der Waals surface area contributed by atoms with Crippen LogP contribution in [0.1, 0.15) is 6.92 Å². The van der Waals surface area contributed by atoms with Crippen LogP contribution >= 0.6 is 21.4 Å². The van der Waals surface area contributed by atoms with Crippen molar-refractivity contribution in [2.75, 3.05) is 5.75 Å². The van der Waals surface area contributed by atoms with Gasteiger partial charge in [-0.3, -0.25) is 4.40 Å². The molecule has 2 aromatic heterocycles. The van der Waals surface area contributed by atoms with E-state index in [1.165, 1.54) is 30.4 Å². The SMILES string of the molecule is CCS(c1ccccc1)(c1ccccc1)c1ccc2sc3nc4ccccc4n3c2c1. The van der Waals surface area contributed by atoms with Crippen molar-refractivity contribution in [1.29, 1.82) is 0 Å². The minimum atomic E-state index is -1.37. The topological polar surface area (TPSA) is 17.3 Å². The smallest absolute Gasteiger partial charge is 0.195 e. The van der Waals surface area contributed by atoms with Gasteiger partial charge >= 0.3 is 0 Å². The molecular weight excluding hydrogens is 416 g/mol. The van der Waals surface area contributed by atoms with Gasteiger partial charge in [-0.25, -0.2) is 4.98 Å². The lowest BCUT2D eigenvalue weighted by Crippen LogP contribution is -2.06. The van der Waals surface area contributed by atoms with Gasteiger partial charge in [0.1, 0.15) is 0 Å². The number of para-hydroxylation sites is 2. The molecule has 4 heteroatoms. The van der Waals surface area contributed by atoms with Gasteiger partial charge in [0.25, 0.3) is 0 Å². The van der Waals surface area contributed by atoms with Gasteiger partial charge in [0.05, 0.1) is 21.3 Å². The number of nitrogens with zero attached hydrogens (tertiary/aromatic N) is 2. The Morgan fingerprint density at radius 3 is 2.03 bits per heavy atom. The fourth-order valence-electron chi connectivity index (χ4n) is 4.59. The molecule has 152 valence electrons. The molecule has 0 aliphatic rings. The van der Waals surface area contributed by atoms with E-state index in [-0.39, 0.29) is 0 Å². The van der Waals surface area contributed by atoms with E-state index in [1.807, 2.05) is 0 Å². The second-order valence-electron chi connectivity index (χ2n) is 7.60. The zero-order valence-corrected chi connectivity index (χ0v) is 18.9. The van der Waals surface area contributed by atoms with Crippen molar-refractivity contribution in [3.63, 3.8) is 0 Å². The number of hydrogen-bond donors (Lipinski definition) is 0. The fourth-order valence-corrected chi connectivity index (χ4v) is 9.29. The van der Waals surface area contributed by atoms with Crippen LogP contribution < -0.4 is 0 Å². The van der Waals surface area contributed by atoms with E-state index in [9.17, 15) is 0 Å². The van der Waals surface area contributed by atoms with E-state index in [0.29, 0.717) is 0 Å². The molecule has 0 saturated heterocycles. The van der Waals surface area contributed by atoms with Crippen LogP contribution in [0.25, 0.3) is 26.2 Å². The average Bonchev–Trinajstić information content (AvgIpc) is 3.37. The molecule has 0 atom stereocenters. The van der Waals surface area contributed by atoms with Crippen LogP contribution in [0.15, 0.2) is 118 Å². The van der Waals surface area contributed by atoms with Crippen molar-refractivity contribution in [3.8, 4) is 0 Å². The normalized spacial score (nSPS) is 12.7. The van der Waals surface area contributed by atoms with Crippen LogP contribution in [0.2, 0.25) is 0 Å². The molecule has 0 aliphatic heterocycles. The maximum atomic E-state index is 4.87. The summed E-state index contributed by atoms with van der Waals surface area (Å²) in [7, 11) is -1.37. The van der Waals surface area contributed by atoms with Gasteiger partial charge in [-0.05, 0) is 70.1 Å². The monoisotopic (exact) mass is 438 g/mol. The zero-order chi connectivity index (χ0) is 20.8. The average molecular weight is 439 g/mol. The van der Waals surface area contributed by atoms with Crippen molar-refractivity contribution < 1.29 is 0 Å². The molecule has 4 aromatic carbocycles. The number of aromatic nitrogens is 2. The van der Waals surface area contributed by atoms with E-state index < -0.39 is 10.0 Å². The van der Waals surface area contributed by atoms with Gasteiger partial charge in [-0.15, -0.1) is 0 Å². The Morgan fingerprint density at radius 1 is 0.710 bits per heavy atom. The summed E-state index contributed by atoms with van der Waals surface area (Å²) in [6, 6.07) is 37.6. The third-order valence-electron chi connectivity index (χ3n) is 6.03. The summed E-state index contributed by atoms with van der Waals surface area (Å²) >= 11 is 1.77. The predicted molar refractivity (Wildman–Crippen MR) is 134 cm³/mol. The number of rotatable bonds is 4. The van der Waals surface area contributed by atoms with Crippen LogP contribution in [-0.2, 0) is 0 Å².